The molecule has 29 heavy (non-hydrogen) atoms. The summed E-state index contributed by atoms with van der Waals surface area (Å²) >= 11 is 0. The molecule has 0 saturated carbocycles. The fraction of sp³-hybridized carbons (Fsp3) is 0.381. The van der Waals surface area contributed by atoms with Crippen LogP contribution >= 0.6 is 0 Å². The Morgan fingerprint density at radius 1 is 1.10 bits per heavy atom. The zero-order valence-corrected chi connectivity index (χ0v) is 17.7. The van der Waals surface area contributed by atoms with Crippen molar-refractivity contribution in [3.05, 3.63) is 53.1 Å². The van der Waals surface area contributed by atoms with E-state index >= 15 is 0 Å². The van der Waals surface area contributed by atoms with Crippen LogP contribution in [0.2, 0.25) is 0 Å². The molecule has 0 amide bonds. The van der Waals surface area contributed by atoms with Gasteiger partial charge in [-0.05, 0) is 61.4 Å². The normalized spacial score (nSPS) is 14.7. The highest BCUT2D eigenvalue weighted by Gasteiger charge is 2.22. The van der Waals surface area contributed by atoms with Crippen LogP contribution in [0.15, 0.2) is 41.3 Å². The number of nitrogens with zero attached hydrogens (tertiary/aromatic N) is 1. The molecule has 2 aromatic rings. The minimum Gasteiger partial charge on any atom is -0.495 e. The van der Waals surface area contributed by atoms with Crippen LogP contribution in [0.1, 0.15) is 21.5 Å². The Labute approximate surface area is 171 Å². The van der Waals surface area contributed by atoms with Gasteiger partial charge in [0, 0.05) is 24.3 Å². The summed E-state index contributed by atoms with van der Waals surface area (Å²) in [5.74, 6) is -0.0483. The van der Waals surface area contributed by atoms with Gasteiger partial charge in [0.1, 0.15) is 10.6 Å². The monoisotopic (exact) mass is 418 g/mol. The first-order valence-corrected chi connectivity index (χ1v) is 10.9. The molecule has 0 bridgehead atoms. The molecule has 1 N–H and O–H groups in total. The number of anilines is 1. The van der Waals surface area contributed by atoms with Gasteiger partial charge < -0.3 is 14.4 Å². The second kappa shape index (κ2) is 8.94. The third kappa shape index (κ3) is 4.95. The quantitative estimate of drug-likeness (QED) is 0.695. The predicted molar refractivity (Wildman–Crippen MR) is 111 cm³/mol. The van der Waals surface area contributed by atoms with Crippen LogP contribution in [0, 0.1) is 13.8 Å². The molecule has 1 aliphatic rings. The largest absolute Gasteiger partial charge is 0.495 e. The van der Waals surface area contributed by atoms with Gasteiger partial charge in [0.05, 0.1) is 26.9 Å². The van der Waals surface area contributed by atoms with Gasteiger partial charge in [-0.15, -0.1) is 0 Å². The molecule has 2 aromatic carbocycles. The van der Waals surface area contributed by atoms with Gasteiger partial charge in [0.2, 0.25) is 10.0 Å². The molecule has 3 rings (SSSR count). The molecule has 7 nitrogen and oxygen atoms in total. The lowest BCUT2D eigenvalue weighted by molar-refractivity contribution is 0.0997. The summed E-state index contributed by atoms with van der Waals surface area (Å²) in [6, 6.07) is 10.4. The van der Waals surface area contributed by atoms with Crippen LogP contribution in [0.25, 0.3) is 0 Å². The van der Waals surface area contributed by atoms with E-state index in [0.717, 1.165) is 29.9 Å². The number of benzene rings is 2. The van der Waals surface area contributed by atoms with Crippen LogP contribution in [-0.2, 0) is 14.8 Å². The fourth-order valence-electron chi connectivity index (χ4n) is 3.15. The van der Waals surface area contributed by atoms with Crippen molar-refractivity contribution < 1.29 is 22.7 Å². The first-order chi connectivity index (χ1) is 13.8. The highest BCUT2D eigenvalue weighted by molar-refractivity contribution is 7.89. The van der Waals surface area contributed by atoms with E-state index < -0.39 is 10.0 Å². The van der Waals surface area contributed by atoms with E-state index in [0.29, 0.717) is 18.8 Å². The summed E-state index contributed by atoms with van der Waals surface area (Å²) in [7, 11) is -2.47. The predicted octanol–water partition coefficient (Wildman–Crippen LogP) is 2.31. The van der Waals surface area contributed by atoms with Gasteiger partial charge in [0.15, 0.2) is 5.78 Å². The Morgan fingerprint density at radius 3 is 2.34 bits per heavy atom. The molecular weight excluding hydrogens is 392 g/mol. The fourth-order valence-corrected chi connectivity index (χ4v) is 4.37. The maximum Gasteiger partial charge on any atom is 0.244 e. The van der Waals surface area contributed by atoms with Crippen molar-refractivity contribution in [3.8, 4) is 5.75 Å². The Hall–Kier alpha value is -2.42. The Morgan fingerprint density at radius 2 is 1.72 bits per heavy atom. The lowest BCUT2D eigenvalue weighted by Crippen LogP contribution is -2.36. The number of hydrogen-bond donors (Lipinski definition) is 1. The SMILES string of the molecule is COc1cc(C)c(C)cc1S(=O)(=O)NCC(=O)c1ccc(N2CCOCC2)cc1. The van der Waals surface area contributed by atoms with Crippen molar-refractivity contribution in [1.29, 1.82) is 0 Å². The minimum absolute atomic E-state index is 0.0264. The number of methoxy groups -OCH3 is 1. The van der Waals surface area contributed by atoms with Crippen LogP contribution in [0.5, 0.6) is 5.75 Å². The van der Waals surface area contributed by atoms with Crippen molar-refractivity contribution in [2.75, 3.05) is 44.9 Å². The van der Waals surface area contributed by atoms with Crippen molar-refractivity contribution in [1.82, 2.24) is 4.72 Å². The van der Waals surface area contributed by atoms with E-state index in [-0.39, 0.29) is 23.0 Å². The van der Waals surface area contributed by atoms with Crippen LogP contribution in [-0.4, -0.2) is 54.2 Å². The van der Waals surface area contributed by atoms with Crippen molar-refractivity contribution in [2.45, 2.75) is 18.7 Å². The van der Waals surface area contributed by atoms with Gasteiger partial charge in [-0.3, -0.25) is 4.79 Å². The summed E-state index contributed by atoms with van der Waals surface area (Å²) < 4.78 is 38.4. The number of rotatable bonds is 7. The second-order valence-corrected chi connectivity index (χ2v) is 8.72. The smallest absolute Gasteiger partial charge is 0.244 e. The number of carbonyl (C=O) groups excluding carboxylic acids is 1. The molecule has 1 fully saturated rings. The highest BCUT2D eigenvalue weighted by Crippen LogP contribution is 2.27. The lowest BCUT2D eigenvalue weighted by Gasteiger charge is -2.28. The van der Waals surface area contributed by atoms with E-state index in [1.54, 1.807) is 24.3 Å². The number of ketones is 1. The van der Waals surface area contributed by atoms with E-state index in [4.69, 9.17) is 9.47 Å². The Bertz CT molecular complexity index is 981. The summed E-state index contributed by atoms with van der Waals surface area (Å²) in [4.78, 5) is 14.7. The second-order valence-electron chi connectivity index (χ2n) is 6.98. The number of sulfonamides is 1. The van der Waals surface area contributed by atoms with Gasteiger partial charge in [-0.1, -0.05) is 0 Å². The zero-order valence-electron chi connectivity index (χ0n) is 16.9. The number of ether oxygens (including phenoxy) is 2. The Kier molecular flexibility index (Phi) is 6.56. The average Bonchev–Trinajstić information content (AvgIpc) is 2.74. The van der Waals surface area contributed by atoms with E-state index in [9.17, 15) is 13.2 Å². The van der Waals surface area contributed by atoms with Gasteiger partial charge in [-0.2, -0.15) is 0 Å². The molecular formula is C21H26N2O5S. The molecule has 1 aliphatic heterocycles. The molecule has 0 atom stereocenters. The van der Waals surface area contributed by atoms with E-state index in [1.807, 2.05) is 26.0 Å². The minimum atomic E-state index is -3.89. The third-order valence-electron chi connectivity index (χ3n) is 5.06. The highest BCUT2D eigenvalue weighted by atomic mass is 32.2. The first-order valence-electron chi connectivity index (χ1n) is 9.42. The van der Waals surface area contributed by atoms with Crippen molar-refractivity contribution in [2.24, 2.45) is 0 Å². The summed E-state index contributed by atoms with van der Waals surface area (Å²) in [6.45, 7) is 6.38. The molecule has 1 heterocycles. The van der Waals surface area contributed by atoms with Crippen molar-refractivity contribution >= 4 is 21.5 Å². The molecule has 0 radical (unpaired) electrons. The average molecular weight is 419 g/mol. The summed E-state index contributed by atoms with van der Waals surface area (Å²) in [5.41, 5.74) is 3.23. The lowest BCUT2D eigenvalue weighted by atomic mass is 10.1. The molecule has 156 valence electrons. The molecule has 8 heteroatoms. The number of hydrogen-bond acceptors (Lipinski definition) is 6. The number of aryl methyl sites for hydroxylation is 2. The zero-order chi connectivity index (χ0) is 21.0. The molecule has 0 aliphatic carbocycles. The number of carbonyl (C=O) groups is 1. The van der Waals surface area contributed by atoms with Crippen LogP contribution < -0.4 is 14.4 Å². The standard InChI is InChI=1S/C21H26N2O5S/c1-15-12-20(27-3)21(13-16(15)2)29(25,26)22-14-19(24)17-4-6-18(7-5-17)23-8-10-28-11-9-23/h4-7,12-13,22H,8-11,14H2,1-3H3. The van der Waals surface area contributed by atoms with Gasteiger partial charge in [0.25, 0.3) is 0 Å². The maximum absolute atomic E-state index is 12.7. The molecule has 0 unspecified atom stereocenters. The van der Waals surface area contributed by atoms with Gasteiger partial charge in [-0.25, -0.2) is 13.1 Å². The molecule has 1 saturated heterocycles. The van der Waals surface area contributed by atoms with Gasteiger partial charge >= 0.3 is 0 Å². The third-order valence-corrected chi connectivity index (χ3v) is 6.48. The molecule has 0 aromatic heterocycles. The summed E-state index contributed by atoms with van der Waals surface area (Å²) in [5, 5.41) is 0. The number of morpholine rings is 1. The first kappa shape index (κ1) is 21.3. The van der Waals surface area contributed by atoms with Crippen molar-refractivity contribution in [3.63, 3.8) is 0 Å². The van der Waals surface area contributed by atoms with E-state index in [1.165, 1.54) is 7.11 Å². The number of Topliss-reactive ketones (excluding diaryl/α,β-unsaturated/α-hetero) is 1. The molecule has 0 spiro atoms. The number of nitrogens with one attached hydrogen (secondary N) is 1. The maximum atomic E-state index is 12.7. The topological polar surface area (TPSA) is 84.9 Å². The van der Waals surface area contributed by atoms with Crippen LogP contribution in [0.3, 0.4) is 0 Å². The Balaban J connectivity index is 1.69. The van der Waals surface area contributed by atoms with E-state index in [2.05, 4.69) is 9.62 Å². The van der Waals surface area contributed by atoms with Crippen LogP contribution in [0.4, 0.5) is 5.69 Å². The summed E-state index contributed by atoms with van der Waals surface area (Å²) in [6.07, 6.45) is 0.